The molecule has 0 aromatic carbocycles. The first kappa shape index (κ1) is 18.5. The van der Waals surface area contributed by atoms with Gasteiger partial charge in [-0.25, -0.2) is 0 Å². The molecule has 1 aromatic rings. The molecule has 1 aromatic heterocycles. The Labute approximate surface area is 154 Å². The SMILES string of the molecule is C=CCn1c(CCN2CCCCC2)nnc1S[C@@H](C)C(=O)NC1CC1. The molecule has 1 aliphatic carbocycles. The van der Waals surface area contributed by atoms with Gasteiger partial charge in [0.25, 0.3) is 0 Å². The molecule has 2 heterocycles. The summed E-state index contributed by atoms with van der Waals surface area (Å²) in [6.07, 6.45) is 8.93. The molecule has 25 heavy (non-hydrogen) atoms. The molecule has 0 bridgehead atoms. The topological polar surface area (TPSA) is 63.1 Å². The van der Waals surface area contributed by atoms with Crippen LogP contribution in [0.15, 0.2) is 17.8 Å². The molecule has 3 rings (SSSR count). The number of carbonyl (C=O) groups excluding carboxylic acids is 1. The highest BCUT2D eigenvalue weighted by Gasteiger charge is 2.27. The Morgan fingerprint density at radius 1 is 1.36 bits per heavy atom. The van der Waals surface area contributed by atoms with Crippen LogP contribution in [-0.2, 0) is 17.8 Å². The van der Waals surface area contributed by atoms with Gasteiger partial charge in [0.05, 0.1) is 5.25 Å². The molecule has 1 amide bonds. The van der Waals surface area contributed by atoms with Crippen molar-refractivity contribution in [2.24, 2.45) is 0 Å². The molecular formula is C18H29N5OS. The average molecular weight is 364 g/mol. The maximum Gasteiger partial charge on any atom is 0.233 e. The standard InChI is InChI=1S/C18H29N5OS/c1-3-10-23-16(9-13-22-11-5-4-6-12-22)20-21-18(23)25-14(2)17(24)19-15-7-8-15/h3,14-15H,1,4-13H2,2H3,(H,19,24)/t14-/m0/s1. The number of thioether (sulfide) groups is 1. The van der Waals surface area contributed by atoms with Gasteiger partial charge < -0.3 is 14.8 Å². The van der Waals surface area contributed by atoms with Crippen LogP contribution < -0.4 is 5.32 Å². The first-order chi connectivity index (χ1) is 12.2. The van der Waals surface area contributed by atoms with Crippen molar-refractivity contribution in [1.29, 1.82) is 0 Å². The van der Waals surface area contributed by atoms with Crippen LogP contribution in [0.25, 0.3) is 0 Å². The van der Waals surface area contributed by atoms with Crippen molar-refractivity contribution in [2.75, 3.05) is 19.6 Å². The van der Waals surface area contributed by atoms with Gasteiger partial charge in [0, 0.05) is 25.6 Å². The first-order valence-electron chi connectivity index (χ1n) is 9.39. The third kappa shape index (κ3) is 5.31. The van der Waals surface area contributed by atoms with Crippen LogP contribution in [0.3, 0.4) is 0 Å². The predicted molar refractivity (Wildman–Crippen MR) is 101 cm³/mol. The zero-order valence-electron chi connectivity index (χ0n) is 15.1. The van der Waals surface area contributed by atoms with Crippen LogP contribution in [0.4, 0.5) is 0 Å². The van der Waals surface area contributed by atoms with Gasteiger partial charge in [0.1, 0.15) is 5.82 Å². The summed E-state index contributed by atoms with van der Waals surface area (Å²) < 4.78 is 2.10. The minimum Gasteiger partial charge on any atom is -0.352 e. The lowest BCUT2D eigenvalue weighted by atomic mass is 10.1. The summed E-state index contributed by atoms with van der Waals surface area (Å²) in [5, 5.41) is 12.4. The maximum absolute atomic E-state index is 12.2. The molecule has 1 aliphatic heterocycles. The highest BCUT2D eigenvalue weighted by molar-refractivity contribution is 8.00. The number of carbonyl (C=O) groups is 1. The van der Waals surface area contributed by atoms with Crippen LogP contribution in [-0.4, -0.2) is 56.5 Å². The minimum absolute atomic E-state index is 0.0931. The van der Waals surface area contributed by atoms with Crippen molar-refractivity contribution in [3.63, 3.8) is 0 Å². The number of hydrogen-bond acceptors (Lipinski definition) is 5. The fraction of sp³-hybridized carbons (Fsp3) is 0.722. The number of rotatable bonds is 9. The second kappa shape index (κ2) is 8.85. The molecule has 6 nitrogen and oxygen atoms in total. The second-order valence-corrected chi connectivity index (χ2v) is 8.30. The van der Waals surface area contributed by atoms with Gasteiger partial charge in [-0.15, -0.1) is 16.8 Å². The first-order valence-corrected chi connectivity index (χ1v) is 10.3. The van der Waals surface area contributed by atoms with Gasteiger partial charge in [0.15, 0.2) is 5.16 Å². The number of aromatic nitrogens is 3. The van der Waals surface area contributed by atoms with Crippen LogP contribution >= 0.6 is 11.8 Å². The maximum atomic E-state index is 12.2. The minimum atomic E-state index is -0.164. The van der Waals surface area contributed by atoms with Gasteiger partial charge in [-0.05, 0) is 45.7 Å². The molecule has 1 saturated heterocycles. The predicted octanol–water partition coefficient (Wildman–Crippen LogP) is 2.25. The Balaban J connectivity index is 1.59. The molecule has 1 saturated carbocycles. The van der Waals surface area contributed by atoms with E-state index in [1.807, 2.05) is 13.0 Å². The van der Waals surface area contributed by atoms with Crippen molar-refractivity contribution >= 4 is 17.7 Å². The van der Waals surface area contributed by atoms with E-state index in [0.717, 1.165) is 36.8 Å². The van der Waals surface area contributed by atoms with Crippen molar-refractivity contribution in [3.05, 3.63) is 18.5 Å². The summed E-state index contributed by atoms with van der Waals surface area (Å²) in [4.78, 5) is 14.7. The fourth-order valence-corrected chi connectivity index (χ4v) is 3.99. The lowest BCUT2D eigenvalue weighted by molar-refractivity contribution is -0.120. The van der Waals surface area contributed by atoms with E-state index in [2.05, 4.69) is 31.6 Å². The molecular weight excluding hydrogens is 334 g/mol. The van der Waals surface area contributed by atoms with E-state index >= 15 is 0 Å². The molecule has 0 unspecified atom stereocenters. The number of likely N-dealkylation sites (tertiary alicyclic amines) is 1. The molecule has 2 aliphatic rings. The normalized spacial score (nSPS) is 19.6. The van der Waals surface area contributed by atoms with Crippen molar-refractivity contribution in [3.8, 4) is 0 Å². The Morgan fingerprint density at radius 2 is 2.12 bits per heavy atom. The Kier molecular flexibility index (Phi) is 6.53. The average Bonchev–Trinajstić information content (AvgIpc) is 3.36. The summed E-state index contributed by atoms with van der Waals surface area (Å²) in [6, 6.07) is 0.390. The van der Waals surface area contributed by atoms with Crippen LogP contribution in [0, 0.1) is 0 Å². The molecule has 2 fully saturated rings. The van der Waals surface area contributed by atoms with Crippen LogP contribution in [0.5, 0.6) is 0 Å². The third-order valence-electron chi connectivity index (χ3n) is 4.78. The Hall–Kier alpha value is -1.34. The monoisotopic (exact) mass is 363 g/mol. The number of nitrogens with zero attached hydrogens (tertiary/aromatic N) is 4. The highest BCUT2D eigenvalue weighted by Crippen LogP contribution is 2.25. The smallest absolute Gasteiger partial charge is 0.233 e. The highest BCUT2D eigenvalue weighted by atomic mass is 32.2. The number of hydrogen-bond donors (Lipinski definition) is 1. The summed E-state index contributed by atoms with van der Waals surface area (Å²) in [7, 11) is 0. The fourth-order valence-electron chi connectivity index (χ4n) is 3.10. The van der Waals surface area contributed by atoms with E-state index in [0.29, 0.717) is 12.6 Å². The van der Waals surface area contributed by atoms with E-state index in [9.17, 15) is 4.79 Å². The molecule has 1 atom stereocenters. The van der Waals surface area contributed by atoms with Crippen LogP contribution in [0.1, 0.15) is 44.9 Å². The zero-order valence-corrected chi connectivity index (χ0v) is 15.9. The lowest BCUT2D eigenvalue weighted by Gasteiger charge is -2.26. The lowest BCUT2D eigenvalue weighted by Crippen LogP contribution is -2.32. The summed E-state index contributed by atoms with van der Waals surface area (Å²) in [5.41, 5.74) is 0. The molecule has 0 spiro atoms. The number of amides is 1. The Bertz CT molecular complexity index is 592. The molecule has 1 N–H and O–H groups in total. The number of piperidine rings is 1. The number of allylic oxidation sites excluding steroid dienone is 1. The third-order valence-corrected chi connectivity index (χ3v) is 5.86. The van der Waals surface area contributed by atoms with Crippen molar-refractivity contribution in [1.82, 2.24) is 25.0 Å². The van der Waals surface area contributed by atoms with E-state index < -0.39 is 0 Å². The summed E-state index contributed by atoms with van der Waals surface area (Å²) >= 11 is 1.49. The van der Waals surface area contributed by atoms with E-state index in [-0.39, 0.29) is 11.2 Å². The largest absolute Gasteiger partial charge is 0.352 e. The van der Waals surface area contributed by atoms with E-state index in [1.165, 1.54) is 44.1 Å². The van der Waals surface area contributed by atoms with Crippen molar-refractivity contribution < 1.29 is 4.79 Å². The number of nitrogens with one attached hydrogen (secondary N) is 1. The quantitative estimate of drug-likeness (QED) is 0.539. The molecule has 138 valence electrons. The van der Waals surface area contributed by atoms with Gasteiger partial charge in [-0.3, -0.25) is 4.79 Å². The van der Waals surface area contributed by atoms with Gasteiger partial charge >= 0.3 is 0 Å². The van der Waals surface area contributed by atoms with E-state index in [4.69, 9.17) is 0 Å². The summed E-state index contributed by atoms with van der Waals surface area (Å²) in [5.74, 6) is 1.08. The summed E-state index contributed by atoms with van der Waals surface area (Å²) in [6.45, 7) is 9.88. The van der Waals surface area contributed by atoms with Crippen molar-refractivity contribution in [2.45, 2.75) is 68.4 Å². The zero-order chi connectivity index (χ0) is 17.6. The van der Waals surface area contributed by atoms with E-state index in [1.54, 1.807) is 0 Å². The van der Waals surface area contributed by atoms with Gasteiger partial charge in [-0.1, -0.05) is 24.3 Å². The van der Waals surface area contributed by atoms with Gasteiger partial charge in [-0.2, -0.15) is 0 Å². The Morgan fingerprint density at radius 3 is 2.80 bits per heavy atom. The van der Waals surface area contributed by atoms with Gasteiger partial charge in [0.2, 0.25) is 5.91 Å². The second-order valence-electron chi connectivity index (χ2n) is 6.99. The molecule has 0 radical (unpaired) electrons. The van der Waals surface area contributed by atoms with Crippen LogP contribution in [0.2, 0.25) is 0 Å². The molecule has 7 heteroatoms.